The Balaban J connectivity index is 1.61. The largest absolute Gasteiger partial charge is 0.378 e. The van der Waals surface area contributed by atoms with Crippen molar-refractivity contribution >= 4 is 28.9 Å². The van der Waals surface area contributed by atoms with E-state index in [1.165, 1.54) is 17.0 Å². The number of rotatable bonds is 3. The Hall–Kier alpha value is -3.55. The Morgan fingerprint density at radius 2 is 1.82 bits per heavy atom. The molecular weight excluding hydrogens is 362 g/mol. The maximum absolute atomic E-state index is 13.1. The molecule has 0 bridgehead atoms. The maximum Gasteiger partial charge on any atom is 0.281 e. The lowest BCUT2D eigenvalue weighted by molar-refractivity contribution is -0.384. The number of oxime groups is 1. The highest BCUT2D eigenvalue weighted by atomic mass is 16.7. The van der Waals surface area contributed by atoms with Gasteiger partial charge in [-0.1, -0.05) is 17.3 Å². The SMILES string of the molecule is Cc1cccc(N2C(=O)CC3(CC(c4ccc([N+](=O)[O-])cc4)=NO3)C2=O)c1C. The Morgan fingerprint density at radius 1 is 1.11 bits per heavy atom. The Bertz CT molecular complexity index is 1040. The Kier molecular flexibility index (Phi) is 3.99. The fourth-order valence-corrected chi connectivity index (χ4v) is 3.55. The zero-order valence-corrected chi connectivity index (χ0v) is 15.3. The predicted molar refractivity (Wildman–Crippen MR) is 101 cm³/mol. The molecule has 0 radical (unpaired) electrons. The van der Waals surface area contributed by atoms with Crippen LogP contribution in [0.1, 0.15) is 29.5 Å². The third-order valence-corrected chi connectivity index (χ3v) is 5.29. The molecule has 1 unspecified atom stereocenters. The summed E-state index contributed by atoms with van der Waals surface area (Å²) in [6.07, 6.45) is 0.0376. The lowest BCUT2D eigenvalue weighted by Crippen LogP contribution is -2.41. The normalized spacial score (nSPS) is 21.2. The summed E-state index contributed by atoms with van der Waals surface area (Å²) in [5.41, 5.74) is 2.10. The highest BCUT2D eigenvalue weighted by molar-refractivity contribution is 6.26. The van der Waals surface area contributed by atoms with Crippen LogP contribution in [0, 0.1) is 24.0 Å². The molecule has 1 atom stereocenters. The van der Waals surface area contributed by atoms with Gasteiger partial charge in [0, 0.05) is 18.6 Å². The molecule has 1 spiro atoms. The monoisotopic (exact) mass is 379 g/mol. The van der Waals surface area contributed by atoms with Crippen molar-refractivity contribution in [2.45, 2.75) is 32.3 Å². The molecule has 1 fully saturated rings. The van der Waals surface area contributed by atoms with Crippen molar-refractivity contribution in [3.63, 3.8) is 0 Å². The van der Waals surface area contributed by atoms with Gasteiger partial charge in [0.15, 0.2) is 0 Å². The number of non-ortho nitro benzene ring substituents is 1. The number of carbonyl (C=O) groups excluding carboxylic acids is 2. The molecular formula is C20H17N3O5. The standard InChI is InChI=1S/C20H17N3O5/c1-12-4-3-5-17(13(12)2)22-18(24)11-20(19(22)25)10-16(21-28-20)14-6-8-15(9-7-14)23(26)27/h3-9H,10-11H2,1-2H3. The molecule has 0 aromatic heterocycles. The molecule has 2 aliphatic heterocycles. The van der Waals surface area contributed by atoms with Gasteiger partial charge in [-0.15, -0.1) is 0 Å². The summed E-state index contributed by atoms with van der Waals surface area (Å²) in [5, 5.41) is 14.8. The summed E-state index contributed by atoms with van der Waals surface area (Å²) < 4.78 is 0. The van der Waals surface area contributed by atoms with Gasteiger partial charge < -0.3 is 4.84 Å². The average molecular weight is 379 g/mol. The lowest BCUT2D eigenvalue weighted by Gasteiger charge is -2.21. The summed E-state index contributed by atoms with van der Waals surface area (Å²) in [6.45, 7) is 3.78. The minimum atomic E-state index is -1.36. The fourth-order valence-electron chi connectivity index (χ4n) is 3.55. The summed E-state index contributed by atoms with van der Waals surface area (Å²) in [6, 6.07) is 11.3. The van der Waals surface area contributed by atoms with Gasteiger partial charge in [0.2, 0.25) is 11.5 Å². The van der Waals surface area contributed by atoms with Crippen LogP contribution in [0.15, 0.2) is 47.6 Å². The molecule has 2 aromatic carbocycles. The number of anilines is 1. The van der Waals surface area contributed by atoms with Crippen LogP contribution in [-0.4, -0.2) is 28.1 Å². The van der Waals surface area contributed by atoms with Crippen molar-refractivity contribution in [1.29, 1.82) is 0 Å². The fraction of sp³-hybridized carbons (Fsp3) is 0.250. The molecule has 142 valence electrons. The maximum atomic E-state index is 13.1. The first kappa shape index (κ1) is 17.8. The van der Waals surface area contributed by atoms with E-state index in [0.29, 0.717) is 17.0 Å². The minimum absolute atomic E-state index is 0.0359. The molecule has 0 aliphatic carbocycles. The van der Waals surface area contributed by atoms with E-state index in [-0.39, 0.29) is 24.4 Å². The smallest absolute Gasteiger partial charge is 0.281 e. The van der Waals surface area contributed by atoms with Gasteiger partial charge in [-0.05, 0) is 48.7 Å². The van der Waals surface area contributed by atoms with Crippen molar-refractivity contribution in [2.24, 2.45) is 5.16 Å². The number of hydrogen-bond acceptors (Lipinski definition) is 6. The van der Waals surface area contributed by atoms with Crippen LogP contribution in [0.3, 0.4) is 0 Å². The molecule has 28 heavy (non-hydrogen) atoms. The number of carbonyl (C=O) groups is 2. The number of imide groups is 1. The summed E-state index contributed by atoms with van der Waals surface area (Å²) in [5.74, 6) is -0.772. The quantitative estimate of drug-likeness (QED) is 0.463. The molecule has 8 heteroatoms. The number of benzene rings is 2. The Morgan fingerprint density at radius 3 is 2.50 bits per heavy atom. The van der Waals surface area contributed by atoms with Crippen molar-refractivity contribution < 1.29 is 19.3 Å². The highest BCUT2D eigenvalue weighted by Crippen LogP contribution is 2.40. The number of amides is 2. The average Bonchev–Trinajstić information content (AvgIpc) is 3.20. The molecule has 2 aliphatic rings. The van der Waals surface area contributed by atoms with Gasteiger partial charge in [-0.3, -0.25) is 19.7 Å². The molecule has 2 amide bonds. The second-order valence-corrected chi connectivity index (χ2v) is 7.03. The third-order valence-electron chi connectivity index (χ3n) is 5.29. The Labute approximate surface area is 160 Å². The van der Waals surface area contributed by atoms with Crippen molar-refractivity contribution in [3.05, 3.63) is 69.3 Å². The van der Waals surface area contributed by atoms with Crippen LogP contribution in [0.2, 0.25) is 0 Å². The van der Waals surface area contributed by atoms with E-state index in [4.69, 9.17) is 4.84 Å². The van der Waals surface area contributed by atoms with Gasteiger partial charge in [-0.2, -0.15) is 0 Å². The van der Waals surface area contributed by atoms with E-state index < -0.39 is 16.4 Å². The highest BCUT2D eigenvalue weighted by Gasteiger charge is 2.58. The topological polar surface area (TPSA) is 102 Å². The van der Waals surface area contributed by atoms with E-state index in [1.807, 2.05) is 19.9 Å². The number of nitrogens with zero attached hydrogens (tertiary/aromatic N) is 3. The zero-order chi connectivity index (χ0) is 20.1. The van der Waals surface area contributed by atoms with Crippen LogP contribution in [0.4, 0.5) is 11.4 Å². The van der Waals surface area contributed by atoms with E-state index in [0.717, 1.165) is 11.1 Å². The number of nitro benzene ring substituents is 1. The zero-order valence-electron chi connectivity index (χ0n) is 15.3. The van der Waals surface area contributed by atoms with Crippen molar-refractivity contribution in [3.8, 4) is 0 Å². The van der Waals surface area contributed by atoms with Crippen LogP contribution < -0.4 is 4.90 Å². The number of hydrogen-bond donors (Lipinski definition) is 0. The van der Waals surface area contributed by atoms with Crippen LogP contribution in [0.5, 0.6) is 0 Å². The predicted octanol–water partition coefficient (Wildman–Crippen LogP) is 3.04. The number of aryl methyl sites for hydroxylation is 1. The van der Waals surface area contributed by atoms with Crippen LogP contribution >= 0.6 is 0 Å². The van der Waals surface area contributed by atoms with E-state index >= 15 is 0 Å². The molecule has 2 aromatic rings. The molecule has 0 saturated carbocycles. The first-order valence-electron chi connectivity index (χ1n) is 8.76. The van der Waals surface area contributed by atoms with Gasteiger partial charge in [0.1, 0.15) is 0 Å². The number of nitro groups is 1. The lowest BCUT2D eigenvalue weighted by atomic mass is 9.92. The van der Waals surface area contributed by atoms with E-state index in [9.17, 15) is 19.7 Å². The van der Waals surface area contributed by atoms with Crippen LogP contribution in [-0.2, 0) is 14.4 Å². The molecule has 2 heterocycles. The first-order chi connectivity index (χ1) is 13.3. The van der Waals surface area contributed by atoms with Crippen LogP contribution in [0.25, 0.3) is 0 Å². The van der Waals surface area contributed by atoms with Gasteiger partial charge in [0.25, 0.3) is 11.6 Å². The second kappa shape index (κ2) is 6.26. The van der Waals surface area contributed by atoms with Gasteiger partial charge in [0.05, 0.1) is 22.7 Å². The second-order valence-electron chi connectivity index (χ2n) is 7.03. The summed E-state index contributed by atoms with van der Waals surface area (Å²) in [7, 11) is 0. The molecule has 1 saturated heterocycles. The first-order valence-corrected chi connectivity index (χ1v) is 8.76. The van der Waals surface area contributed by atoms with Crippen molar-refractivity contribution in [2.75, 3.05) is 4.90 Å². The summed E-state index contributed by atoms with van der Waals surface area (Å²) >= 11 is 0. The molecule has 0 N–H and O–H groups in total. The van der Waals surface area contributed by atoms with Gasteiger partial charge in [-0.25, -0.2) is 4.90 Å². The van der Waals surface area contributed by atoms with Gasteiger partial charge >= 0.3 is 0 Å². The third kappa shape index (κ3) is 2.65. The minimum Gasteiger partial charge on any atom is -0.378 e. The summed E-state index contributed by atoms with van der Waals surface area (Å²) in [4.78, 5) is 42.8. The molecule has 8 nitrogen and oxygen atoms in total. The molecule has 4 rings (SSSR count). The van der Waals surface area contributed by atoms with Crippen molar-refractivity contribution in [1.82, 2.24) is 0 Å². The van der Waals surface area contributed by atoms with E-state index in [1.54, 1.807) is 24.3 Å². The van der Waals surface area contributed by atoms with E-state index in [2.05, 4.69) is 5.16 Å².